The fourth-order valence-corrected chi connectivity index (χ4v) is 4.79. The van der Waals surface area contributed by atoms with Crippen LogP contribution in [-0.4, -0.2) is 42.3 Å². The van der Waals surface area contributed by atoms with Crippen molar-refractivity contribution in [3.63, 3.8) is 0 Å². The molecule has 1 aliphatic heterocycles. The van der Waals surface area contributed by atoms with Gasteiger partial charge in [-0.1, -0.05) is 67.3 Å². The van der Waals surface area contributed by atoms with E-state index in [-0.39, 0.29) is 29.7 Å². The van der Waals surface area contributed by atoms with E-state index >= 15 is 0 Å². The van der Waals surface area contributed by atoms with Crippen molar-refractivity contribution in [1.29, 1.82) is 0 Å². The quantitative estimate of drug-likeness (QED) is 0.395. The first-order valence-corrected chi connectivity index (χ1v) is 11.8. The van der Waals surface area contributed by atoms with Gasteiger partial charge in [0, 0.05) is 6.20 Å². The fraction of sp³-hybridized carbons (Fsp3) is 0.250. The standard InChI is InChI=1S/C24H24N4O3S2/c1-3-17(14-29)25-20-18(22(30)27-11-7-8-15(2)21(27)26-20)12-19-23(31)28(24(32)33-19)13-16-9-5-4-6-10-16/h4-12,17,25,29H,3,13-14H2,1-2H3/b19-12-. The second kappa shape index (κ2) is 9.86. The fourth-order valence-electron chi connectivity index (χ4n) is 3.56. The number of hydrogen-bond donors (Lipinski definition) is 2. The molecular weight excluding hydrogens is 456 g/mol. The molecule has 0 saturated carbocycles. The molecule has 1 atom stereocenters. The summed E-state index contributed by atoms with van der Waals surface area (Å²) in [5, 5.41) is 12.9. The molecule has 1 amide bonds. The summed E-state index contributed by atoms with van der Waals surface area (Å²) < 4.78 is 1.91. The van der Waals surface area contributed by atoms with Gasteiger partial charge in [-0.25, -0.2) is 4.98 Å². The van der Waals surface area contributed by atoms with Gasteiger partial charge in [0.25, 0.3) is 11.5 Å². The number of aryl methyl sites for hydroxylation is 1. The van der Waals surface area contributed by atoms with Crippen molar-refractivity contribution < 1.29 is 9.90 Å². The zero-order valence-corrected chi connectivity index (χ0v) is 19.9. The Morgan fingerprint density at radius 1 is 1.21 bits per heavy atom. The average molecular weight is 481 g/mol. The van der Waals surface area contributed by atoms with Crippen molar-refractivity contribution in [3.05, 3.63) is 80.6 Å². The Hall–Kier alpha value is -3.01. The van der Waals surface area contributed by atoms with Gasteiger partial charge in [0.05, 0.1) is 29.7 Å². The number of thiocarbonyl (C=S) groups is 1. The highest BCUT2D eigenvalue weighted by Crippen LogP contribution is 2.34. The van der Waals surface area contributed by atoms with Crippen LogP contribution in [0.1, 0.15) is 30.0 Å². The number of rotatable bonds is 7. The highest BCUT2D eigenvalue weighted by Gasteiger charge is 2.32. The summed E-state index contributed by atoms with van der Waals surface area (Å²) in [7, 11) is 0. The van der Waals surface area contributed by atoms with E-state index in [1.165, 1.54) is 21.1 Å². The Morgan fingerprint density at radius 2 is 1.97 bits per heavy atom. The molecule has 1 aliphatic rings. The third-order valence-corrected chi connectivity index (χ3v) is 6.85. The number of nitrogens with zero attached hydrogens (tertiary/aromatic N) is 3. The molecule has 0 aliphatic carbocycles. The van der Waals surface area contributed by atoms with Crippen LogP contribution in [0.2, 0.25) is 0 Å². The van der Waals surface area contributed by atoms with Crippen molar-refractivity contribution >= 4 is 51.7 Å². The number of benzene rings is 1. The molecule has 9 heteroatoms. The smallest absolute Gasteiger partial charge is 0.267 e. The lowest BCUT2D eigenvalue weighted by atomic mass is 10.2. The molecule has 33 heavy (non-hydrogen) atoms. The van der Waals surface area contributed by atoms with Gasteiger partial charge in [0.2, 0.25) is 0 Å². The molecule has 2 N–H and O–H groups in total. The second-order valence-electron chi connectivity index (χ2n) is 7.75. The van der Waals surface area contributed by atoms with Gasteiger partial charge in [-0.3, -0.25) is 18.9 Å². The van der Waals surface area contributed by atoms with Crippen LogP contribution in [0, 0.1) is 6.92 Å². The molecule has 4 rings (SSSR count). The first kappa shape index (κ1) is 23.2. The first-order valence-electron chi connectivity index (χ1n) is 10.6. The summed E-state index contributed by atoms with van der Waals surface area (Å²) in [4.78, 5) is 33.1. The van der Waals surface area contributed by atoms with Crippen LogP contribution in [0.3, 0.4) is 0 Å². The van der Waals surface area contributed by atoms with Crippen LogP contribution in [0.15, 0.2) is 58.4 Å². The summed E-state index contributed by atoms with van der Waals surface area (Å²) >= 11 is 6.62. The molecule has 0 radical (unpaired) electrons. The van der Waals surface area contributed by atoms with E-state index in [9.17, 15) is 14.7 Å². The first-order chi connectivity index (χ1) is 15.9. The van der Waals surface area contributed by atoms with E-state index in [0.717, 1.165) is 11.1 Å². The lowest BCUT2D eigenvalue weighted by molar-refractivity contribution is -0.122. The summed E-state index contributed by atoms with van der Waals surface area (Å²) in [6.45, 7) is 4.07. The molecule has 1 aromatic carbocycles. The summed E-state index contributed by atoms with van der Waals surface area (Å²) in [5.74, 6) is 0.0891. The van der Waals surface area contributed by atoms with Gasteiger partial charge >= 0.3 is 0 Å². The molecule has 3 aromatic rings. The van der Waals surface area contributed by atoms with Gasteiger partial charge in [0.15, 0.2) is 0 Å². The van der Waals surface area contributed by atoms with Gasteiger partial charge in [-0.05, 0) is 36.6 Å². The topological polar surface area (TPSA) is 86.9 Å². The Labute approximate surface area is 201 Å². The lowest BCUT2D eigenvalue weighted by Crippen LogP contribution is -2.28. The normalized spacial score (nSPS) is 16.1. The van der Waals surface area contributed by atoms with Crippen molar-refractivity contribution in [1.82, 2.24) is 14.3 Å². The average Bonchev–Trinajstić information content (AvgIpc) is 3.08. The molecule has 1 saturated heterocycles. The predicted octanol–water partition coefficient (Wildman–Crippen LogP) is 3.59. The van der Waals surface area contributed by atoms with Crippen LogP contribution in [-0.2, 0) is 11.3 Å². The summed E-state index contributed by atoms with van der Waals surface area (Å²) in [5.41, 5.74) is 2.29. The van der Waals surface area contributed by atoms with Crippen LogP contribution in [0.4, 0.5) is 5.82 Å². The molecule has 7 nitrogen and oxygen atoms in total. The molecule has 1 unspecified atom stereocenters. The number of anilines is 1. The highest BCUT2D eigenvalue weighted by atomic mass is 32.2. The molecule has 1 fully saturated rings. The maximum atomic E-state index is 13.4. The van der Waals surface area contributed by atoms with E-state index in [1.807, 2.05) is 50.2 Å². The van der Waals surface area contributed by atoms with Crippen molar-refractivity contribution in [2.75, 3.05) is 11.9 Å². The molecular formula is C24H24N4O3S2. The Kier molecular flexibility index (Phi) is 6.92. The number of amides is 1. The van der Waals surface area contributed by atoms with E-state index in [2.05, 4.69) is 10.3 Å². The monoisotopic (exact) mass is 480 g/mol. The minimum Gasteiger partial charge on any atom is -0.394 e. The third-order valence-electron chi connectivity index (χ3n) is 5.47. The summed E-state index contributed by atoms with van der Waals surface area (Å²) in [6, 6.07) is 13.0. The Bertz CT molecular complexity index is 1300. The zero-order chi connectivity index (χ0) is 23.5. The van der Waals surface area contributed by atoms with E-state index in [0.29, 0.717) is 33.7 Å². The number of aromatic nitrogens is 2. The van der Waals surface area contributed by atoms with Gasteiger partial charge < -0.3 is 10.4 Å². The Morgan fingerprint density at radius 3 is 2.67 bits per heavy atom. The number of carbonyl (C=O) groups excluding carboxylic acids is 1. The zero-order valence-electron chi connectivity index (χ0n) is 18.3. The van der Waals surface area contributed by atoms with Crippen LogP contribution in [0.25, 0.3) is 11.7 Å². The number of aliphatic hydroxyl groups is 1. The minimum absolute atomic E-state index is 0.107. The SMILES string of the molecule is CCC(CO)Nc1nc2c(C)cccn2c(=O)c1/C=C1\SC(=S)N(Cc2ccccc2)C1=O. The maximum Gasteiger partial charge on any atom is 0.267 e. The van der Waals surface area contributed by atoms with E-state index in [1.54, 1.807) is 18.3 Å². The number of thioether (sulfide) groups is 1. The Balaban J connectivity index is 1.78. The van der Waals surface area contributed by atoms with Crippen LogP contribution < -0.4 is 10.9 Å². The van der Waals surface area contributed by atoms with Crippen LogP contribution in [0.5, 0.6) is 0 Å². The van der Waals surface area contributed by atoms with E-state index < -0.39 is 0 Å². The van der Waals surface area contributed by atoms with Crippen molar-refractivity contribution in [2.24, 2.45) is 0 Å². The number of fused-ring (bicyclic) bond motifs is 1. The molecule has 0 bridgehead atoms. The van der Waals surface area contributed by atoms with Crippen molar-refractivity contribution in [3.8, 4) is 0 Å². The second-order valence-corrected chi connectivity index (χ2v) is 9.43. The minimum atomic E-state index is -0.299. The van der Waals surface area contributed by atoms with Crippen LogP contribution >= 0.6 is 24.0 Å². The number of aliphatic hydroxyl groups excluding tert-OH is 1. The van der Waals surface area contributed by atoms with Gasteiger partial charge in [0.1, 0.15) is 15.8 Å². The largest absolute Gasteiger partial charge is 0.394 e. The molecule has 170 valence electrons. The number of hydrogen-bond acceptors (Lipinski definition) is 7. The highest BCUT2D eigenvalue weighted by molar-refractivity contribution is 8.26. The summed E-state index contributed by atoms with van der Waals surface area (Å²) in [6.07, 6.45) is 3.85. The van der Waals surface area contributed by atoms with E-state index in [4.69, 9.17) is 12.2 Å². The molecule has 3 heterocycles. The van der Waals surface area contributed by atoms with Gasteiger partial charge in [-0.15, -0.1) is 0 Å². The predicted molar refractivity (Wildman–Crippen MR) is 136 cm³/mol. The number of pyridine rings is 1. The number of carbonyl (C=O) groups is 1. The van der Waals surface area contributed by atoms with Gasteiger partial charge in [-0.2, -0.15) is 0 Å². The third kappa shape index (κ3) is 4.71. The molecule has 2 aromatic heterocycles. The molecule has 0 spiro atoms. The number of nitrogens with one attached hydrogen (secondary N) is 1. The van der Waals surface area contributed by atoms with Crippen molar-refractivity contribution in [2.45, 2.75) is 32.9 Å². The lowest BCUT2D eigenvalue weighted by Gasteiger charge is -2.17. The maximum absolute atomic E-state index is 13.4.